The topological polar surface area (TPSA) is 9.23 Å². The molecular formula is C15H10Br2ClFO. The van der Waals surface area contributed by atoms with Crippen molar-refractivity contribution in [3.05, 3.63) is 61.8 Å². The first-order valence-corrected chi connectivity index (χ1v) is 8.12. The van der Waals surface area contributed by atoms with E-state index >= 15 is 0 Å². The molecule has 0 aromatic heterocycles. The summed E-state index contributed by atoms with van der Waals surface area (Å²) in [5.41, 5.74) is 2.89. The van der Waals surface area contributed by atoms with Crippen molar-refractivity contribution >= 4 is 43.5 Å². The van der Waals surface area contributed by atoms with Crippen LogP contribution < -0.4 is 4.74 Å². The van der Waals surface area contributed by atoms with Crippen molar-refractivity contribution in [2.45, 2.75) is 11.8 Å². The van der Waals surface area contributed by atoms with Crippen LogP contribution in [-0.2, 0) is 6.42 Å². The lowest BCUT2D eigenvalue weighted by Crippen LogP contribution is -1.98. The van der Waals surface area contributed by atoms with Crippen LogP contribution in [0, 0.1) is 5.82 Å². The van der Waals surface area contributed by atoms with Gasteiger partial charge in [-0.05, 0) is 51.3 Å². The Kier molecular flexibility index (Phi) is 4.07. The minimum Gasteiger partial charge on any atom is -0.493 e. The van der Waals surface area contributed by atoms with Crippen LogP contribution in [0.15, 0.2) is 39.3 Å². The van der Waals surface area contributed by atoms with E-state index in [-0.39, 0.29) is 11.2 Å². The third-order valence-corrected chi connectivity index (χ3v) is 4.84. The monoisotopic (exact) mass is 418 g/mol. The van der Waals surface area contributed by atoms with Crippen LogP contribution in [-0.4, -0.2) is 6.61 Å². The molecule has 0 radical (unpaired) electrons. The average Bonchev–Trinajstić information content (AvgIpc) is 2.88. The maximum Gasteiger partial charge on any atom is 0.137 e. The van der Waals surface area contributed by atoms with Crippen LogP contribution in [0.3, 0.4) is 0 Å². The molecule has 1 heterocycles. The van der Waals surface area contributed by atoms with Gasteiger partial charge >= 0.3 is 0 Å². The van der Waals surface area contributed by atoms with E-state index in [2.05, 4.69) is 37.9 Å². The molecule has 1 unspecified atom stereocenters. The molecule has 0 saturated heterocycles. The summed E-state index contributed by atoms with van der Waals surface area (Å²) in [5.74, 6) is 0.557. The Labute approximate surface area is 138 Å². The zero-order valence-electron chi connectivity index (χ0n) is 10.3. The highest BCUT2D eigenvalue weighted by Gasteiger charge is 2.23. The molecule has 1 nitrogen and oxygen atoms in total. The molecule has 0 bridgehead atoms. The maximum atomic E-state index is 13.3. The second-order valence-electron chi connectivity index (χ2n) is 4.62. The van der Waals surface area contributed by atoms with E-state index in [1.807, 2.05) is 6.07 Å². The first-order valence-electron chi connectivity index (χ1n) is 6.10. The van der Waals surface area contributed by atoms with Gasteiger partial charge in [-0.2, -0.15) is 0 Å². The number of rotatable bonds is 2. The van der Waals surface area contributed by atoms with Gasteiger partial charge in [0, 0.05) is 16.5 Å². The van der Waals surface area contributed by atoms with Gasteiger partial charge in [0.2, 0.25) is 0 Å². The van der Waals surface area contributed by atoms with Crippen LogP contribution in [0.1, 0.15) is 22.1 Å². The predicted molar refractivity (Wildman–Crippen MR) is 85.1 cm³/mol. The summed E-state index contributed by atoms with van der Waals surface area (Å²) < 4.78 is 20.4. The van der Waals surface area contributed by atoms with Crippen LogP contribution in [0.2, 0.25) is 0 Å². The van der Waals surface area contributed by atoms with Crippen LogP contribution in [0.5, 0.6) is 5.75 Å². The Balaban J connectivity index is 2.06. The van der Waals surface area contributed by atoms with Crippen molar-refractivity contribution in [3.63, 3.8) is 0 Å². The Hall–Kier alpha value is -0.580. The van der Waals surface area contributed by atoms with E-state index in [0.717, 1.165) is 33.3 Å². The number of alkyl halides is 1. The fourth-order valence-corrected chi connectivity index (χ4v) is 3.55. The van der Waals surface area contributed by atoms with Gasteiger partial charge in [0.25, 0.3) is 0 Å². The zero-order chi connectivity index (χ0) is 14.3. The molecule has 0 fully saturated rings. The molecule has 1 atom stereocenters. The second kappa shape index (κ2) is 5.66. The molecule has 2 aromatic rings. The summed E-state index contributed by atoms with van der Waals surface area (Å²) in [5, 5.41) is -0.378. The molecule has 3 rings (SSSR count). The largest absolute Gasteiger partial charge is 0.493 e. The quantitative estimate of drug-likeness (QED) is 0.574. The van der Waals surface area contributed by atoms with Gasteiger partial charge in [0.05, 0.1) is 16.5 Å². The zero-order valence-corrected chi connectivity index (χ0v) is 14.2. The molecule has 0 N–H and O–H groups in total. The van der Waals surface area contributed by atoms with Crippen LogP contribution in [0.4, 0.5) is 4.39 Å². The maximum absolute atomic E-state index is 13.3. The first-order chi connectivity index (χ1) is 9.56. The Morgan fingerprint density at radius 1 is 1.20 bits per heavy atom. The lowest BCUT2D eigenvalue weighted by atomic mass is 10.0. The molecule has 20 heavy (non-hydrogen) atoms. The first kappa shape index (κ1) is 14.4. The summed E-state index contributed by atoms with van der Waals surface area (Å²) in [6, 6.07) is 8.82. The van der Waals surface area contributed by atoms with E-state index in [1.54, 1.807) is 12.1 Å². The summed E-state index contributed by atoms with van der Waals surface area (Å²) >= 11 is 13.3. The minimum absolute atomic E-state index is 0.298. The number of fused-ring (bicyclic) bond motifs is 1. The fourth-order valence-electron chi connectivity index (χ4n) is 2.34. The molecule has 1 aliphatic rings. The Morgan fingerprint density at radius 2 is 2.00 bits per heavy atom. The number of benzene rings is 2. The molecule has 0 amide bonds. The van der Waals surface area contributed by atoms with Crippen LogP contribution >= 0.6 is 43.5 Å². The van der Waals surface area contributed by atoms with Crippen LogP contribution in [0.25, 0.3) is 0 Å². The van der Waals surface area contributed by atoms with Gasteiger partial charge in [-0.1, -0.05) is 22.0 Å². The van der Waals surface area contributed by atoms with Gasteiger partial charge < -0.3 is 4.74 Å². The van der Waals surface area contributed by atoms with Gasteiger partial charge in [-0.3, -0.25) is 0 Å². The van der Waals surface area contributed by atoms with Crippen molar-refractivity contribution in [1.82, 2.24) is 0 Å². The van der Waals surface area contributed by atoms with Crippen molar-refractivity contribution in [2.24, 2.45) is 0 Å². The molecule has 1 aliphatic heterocycles. The highest BCUT2D eigenvalue weighted by Crippen LogP contribution is 2.42. The lowest BCUT2D eigenvalue weighted by Gasteiger charge is -2.15. The van der Waals surface area contributed by atoms with Crippen molar-refractivity contribution in [1.29, 1.82) is 0 Å². The normalized spacial score (nSPS) is 14.8. The van der Waals surface area contributed by atoms with Crippen molar-refractivity contribution < 1.29 is 9.13 Å². The van der Waals surface area contributed by atoms with Crippen molar-refractivity contribution in [2.75, 3.05) is 6.61 Å². The summed E-state index contributed by atoms with van der Waals surface area (Å²) in [4.78, 5) is 0. The highest BCUT2D eigenvalue weighted by molar-refractivity contribution is 9.10. The van der Waals surface area contributed by atoms with E-state index in [9.17, 15) is 4.39 Å². The van der Waals surface area contributed by atoms with Gasteiger partial charge in [-0.15, -0.1) is 11.6 Å². The Morgan fingerprint density at radius 3 is 2.75 bits per heavy atom. The minimum atomic E-state index is -0.378. The highest BCUT2D eigenvalue weighted by atomic mass is 79.9. The fraction of sp³-hybridized carbons (Fsp3) is 0.200. The van der Waals surface area contributed by atoms with E-state index in [4.69, 9.17) is 16.3 Å². The molecule has 5 heteroatoms. The van der Waals surface area contributed by atoms with E-state index in [1.165, 1.54) is 6.07 Å². The molecule has 0 saturated carbocycles. The molecule has 104 valence electrons. The molecule has 2 aromatic carbocycles. The summed E-state index contributed by atoms with van der Waals surface area (Å²) in [6.07, 6.45) is 0.887. The number of hydrogen-bond donors (Lipinski definition) is 0. The molecule has 0 aliphatic carbocycles. The van der Waals surface area contributed by atoms with E-state index < -0.39 is 0 Å². The van der Waals surface area contributed by atoms with Crippen molar-refractivity contribution in [3.8, 4) is 5.75 Å². The number of hydrogen-bond acceptors (Lipinski definition) is 1. The van der Waals surface area contributed by atoms with Gasteiger partial charge in [-0.25, -0.2) is 4.39 Å². The standard InChI is InChI=1S/C15H10Br2ClFO/c16-10-5-9-3-4-20-15(9)11(7-10)14(18)8-1-2-13(19)12(17)6-8/h1-2,5-7,14H,3-4H2. The third-order valence-electron chi connectivity index (χ3n) is 3.29. The number of ether oxygens (including phenoxy) is 1. The SMILES string of the molecule is Fc1ccc(C(Cl)c2cc(Br)cc3c2OCC3)cc1Br. The summed E-state index contributed by atoms with van der Waals surface area (Å²) in [6.45, 7) is 0.676. The second-order valence-corrected chi connectivity index (χ2v) is 6.82. The molecular weight excluding hydrogens is 410 g/mol. The predicted octanol–water partition coefficient (Wildman–Crippen LogP) is 5.61. The van der Waals surface area contributed by atoms with Gasteiger partial charge in [0.15, 0.2) is 0 Å². The summed E-state index contributed by atoms with van der Waals surface area (Å²) in [7, 11) is 0. The van der Waals surface area contributed by atoms with Gasteiger partial charge in [0.1, 0.15) is 11.6 Å². The lowest BCUT2D eigenvalue weighted by molar-refractivity contribution is 0.353. The molecule has 0 spiro atoms. The van der Waals surface area contributed by atoms with E-state index in [0.29, 0.717) is 11.1 Å². The smallest absolute Gasteiger partial charge is 0.137 e. The third kappa shape index (κ3) is 2.61. The number of halogens is 4. The Bertz CT molecular complexity index is 675. The average molecular weight is 421 g/mol.